The van der Waals surface area contributed by atoms with Gasteiger partial charge in [0.1, 0.15) is 0 Å². The Labute approximate surface area is 186 Å². The average molecular weight is 458 g/mol. The fourth-order valence-corrected chi connectivity index (χ4v) is 13.8. The van der Waals surface area contributed by atoms with Crippen LogP contribution in [0, 0.1) is 0 Å². The molecule has 0 radical (unpaired) electrons. The van der Waals surface area contributed by atoms with E-state index in [4.69, 9.17) is 13.0 Å². The first-order valence-electron chi connectivity index (χ1n) is 10.5. The number of hydrogen-bond donors (Lipinski definition) is 0. The molecule has 0 unspecified atom stereocenters. The normalized spacial score (nSPS) is 12.1. The molecule has 4 nitrogen and oxygen atoms in total. The van der Waals surface area contributed by atoms with Gasteiger partial charge in [0.2, 0.25) is 0 Å². The monoisotopic (exact) mass is 458 g/mol. The van der Waals surface area contributed by atoms with Crippen molar-refractivity contribution in [1.29, 1.82) is 0 Å². The van der Waals surface area contributed by atoms with Crippen LogP contribution in [0.15, 0.2) is 91.0 Å². The Hall–Kier alpha value is -1.57. The first-order chi connectivity index (χ1) is 14.7. The van der Waals surface area contributed by atoms with Crippen molar-refractivity contribution in [2.75, 3.05) is 19.8 Å². The Morgan fingerprint density at radius 1 is 0.533 bits per heavy atom. The molecule has 0 heterocycles. The Bertz CT molecular complexity index is 764. The van der Waals surface area contributed by atoms with Crippen LogP contribution in [0.4, 0.5) is 0 Å². The summed E-state index contributed by atoms with van der Waals surface area (Å²) in [5.74, 6) is 0. The molecule has 0 spiro atoms. The Morgan fingerprint density at radius 3 is 1.10 bits per heavy atom. The predicted octanol–water partition coefficient (Wildman–Crippen LogP) is 3.59. The van der Waals surface area contributed by atoms with Crippen molar-refractivity contribution < 1.29 is 31.1 Å². The summed E-state index contributed by atoms with van der Waals surface area (Å²) < 4.78 is 25.7. The van der Waals surface area contributed by atoms with Crippen molar-refractivity contribution in [1.82, 2.24) is 0 Å². The molecule has 0 saturated carbocycles. The van der Waals surface area contributed by atoms with E-state index in [0.29, 0.717) is 19.8 Å². The Balaban J connectivity index is 2.30. The topological polar surface area (TPSA) is 36.9 Å². The van der Waals surface area contributed by atoms with Crippen LogP contribution in [0.1, 0.15) is 20.8 Å². The number of rotatable bonds is 11. The molecule has 0 saturated heterocycles. The van der Waals surface area contributed by atoms with E-state index < -0.39 is 26.5 Å². The van der Waals surface area contributed by atoms with Gasteiger partial charge >= 0.3 is 187 Å². The summed E-state index contributed by atoms with van der Waals surface area (Å²) in [7, 11) is -2.96. The van der Waals surface area contributed by atoms with Crippen molar-refractivity contribution in [2.24, 2.45) is 0 Å². The van der Waals surface area contributed by atoms with Gasteiger partial charge in [-0.05, 0) is 0 Å². The van der Waals surface area contributed by atoms with Crippen LogP contribution in [-0.2, 0) is 31.1 Å². The zero-order valence-corrected chi connectivity index (χ0v) is 20.5. The summed E-state index contributed by atoms with van der Waals surface area (Å²) in [6, 6.07) is 31.3. The SMILES string of the molecule is CC[O][Ti]([O]CC)([O]CC)[O][Si](c1ccccc1)(c1ccccc1)c1ccccc1. The van der Waals surface area contributed by atoms with Crippen LogP contribution >= 0.6 is 0 Å². The van der Waals surface area contributed by atoms with E-state index in [0.717, 1.165) is 15.6 Å². The number of benzene rings is 3. The molecule has 0 aliphatic carbocycles. The first-order valence-corrected chi connectivity index (χ1v) is 14.9. The third-order valence-corrected chi connectivity index (χ3v) is 14.4. The molecule has 30 heavy (non-hydrogen) atoms. The van der Waals surface area contributed by atoms with Crippen LogP contribution in [0.25, 0.3) is 0 Å². The molecule has 0 N–H and O–H groups in total. The van der Waals surface area contributed by atoms with Gasteiger partial charge in [0, 0.05) is 0 Å². The molecule has 158 valence electrons. The Kier molecular flexibility index (Phi) is 8.60. The molecule has 0 aliphatic heterocycles. The summed E-state index contributed by atoms with van der Waals surface area (Å²) >= 11 is -4.06. The second-order valence-electron chi connectivity index (χ2n) is 6.68. The molecule has 3 aromatic carbocycles. The minimum atomic E-state index is -4.06. The van der Waals surface area contributed by atoms with E-state index in [1.807, 2.05) is 39.0 Å². The average Bonchev–Trinajstić information content (AvgIpc) is 2.80. The van der Waals surface area contributed by atoms with E-state index in [-0.39, 0.29) is 0 Å². The molecular formula is C24H30O4SiTi. The molecule has 3 rings (SSSR count). The van der Waals surface area contributed by atoms with Gasteiger partial charge in [0.15, 0.2) is 0 Å². The van der Waals surface area contributed by atoms with E-state index in [1.165, 1.54) is 0 Å². The summed E-state index contributed by atoms with van der Waals surface area (Å²) in [5, 5.41) is 3.41. The van der Waals surface area contributed by atoms with Gasteiger partial charge in [0.05, 0.1) is 0 Å². The standard InChI is InChI=1S/C18H15OSi.3C2H5O.Ti/c19-20(16-10-4-1-5-11-16,17-12-6-2-7-13-17)18-14-8-3-9-15-18;3*1-2-3;/h1-15H;3*2H2,1H3;/q4*-1;+4. The summed E-state index contributed by atoms with van der Waals surface area (Å²) in [6.07, 6.45) is 0. The maximum absolute atomic E-state index is 7.16. The van der Waals surface area contributed by atoms with Crippen molar-refractivity contribution in [3.63, 3.8) is 0 Å². The second kappa shape index (κ2) is 11.2. The van der Waals surface area contributed by atoms with E-state index in [2.05, 4.69) is 72.8 Å². The first kappa shape index (κ1) is 23.1. The van der Waals surface area contributed by atoms with E-state index >= 15 is 0 Å². The fraction of sp³-hybridized carbons (Fsp3) is 0.250. The molecule has 0 atom stereocenters. The van der Waals surface area contributed by atoms with Gasteiger partial charge in [-0.2, -0.15) is 0 Å². The molecule has 0 aliphatic rings. The van der Waals surface area contributed by atoms with Crippen LogP contribution < -0.4 is 15.6 Å². The van der Waals surface area contributed by atoms with Crippen molar-refractivity contribution in [2.45, 2.75) is 20.8 Å². The van der Waals surface area contributed by atoms with Gasteiger partial charge < -0.3 is 0 Å². The number of hydrogen-bond acceptors (Lipinski definition) is 4. The van der Waals surface area contributed by atoms with Gasteiger partial charge in [-0.3, -0.25) is 0 Å². The van der Waals surface area contributed by atoms with Gasteiger partial charge in [-0.15, -0.1) is 0 Å². The predicted molar refractivity (Wildman–Crippen MR) is 120 cm³/mol. The zero-order chi connectivity index (χ0) is 21.3. The van der Waals surface area contributed by atoms with Crippen LogP contribution in [0.5, 0.6) is 0 Å². The molecule has 0 amide bonds. The van der Waals surface area contributed by atoms with Crippen LogP contribution in [0.3, 0.4) is 0 Å². The molecule has 0 aromatic heterocycles. The van der Waals surface area contributed by atoms with Crippen molar-refractivity contribution >= 4 is 23.9 Å². The van der Waals surface area contributed by atoms with Gasteiger partial charge in [-0.25, -0.2) is 0 Å². The molecule has 0 bridgehead atoms. The van der Waals surface area contributed by atoms with Crippen LogP contribution in [-0.4, -0.2) is 28.1 Å². The van der Waals surface area contributed by atoms with Gasteiger partial charge in [-0.1, -0.05) is 0 Å². The maximum atomic E-state index is 7.16. The van der Waals surface area contributed by atoms with Gasteiger partial charge in [0.25, 0.3) is 0 Å². The van der Waals surface area contributed by atoms with E-state index in [1.54, 1.807) is 0 Å². The summed E-state index contributed by atoms with van der Waals surface area (Å²) in [4.78, 5) is 0. The van der Waals surface area contributed by atoms with Crippen molar-refractivity contribution in [3.05, 3.63) is 91.0 Å². The molecule has 0 fully saturated rings. The molecular weight excluding hydrogens is 428 g/mol. The third-order valence-electron chi connectivity index (χ3n) is 4.78. The van der Waals surface area contributed by atoms with Crippen molar-refractivity contribution in [3.8, 4) is 0 Å². The minimum absolute atomic E-state index is 0.475. The van der Waals surface area contributed by atoms with Crippen LogP contribution in [0.2, 0.25) is 0 Å². The Morgan fingerprint density at radius 2 is 0.833 bits per heavy atom. The summed E-state index contributed by atoms with van der Waals surface area (Å²) in [6.45, 7) is 7.29. The zero-order valence-electron chi connectivity index (χ0n) is 17.9. The molecule has 6 heteroatoms. The van der Waals surface area contributed by atoms with E-state index in [9.17, 15) is 0 Å². The third kappa shape index (κ3) is 5.01. The second-order valence-corrected chi connectivity index (χ2v) is 13.8. The molecule has 3 aromatic rings. The fourth-order valence-electron chi connectivity index (χ4n) is 3.63. The quantitative estimate of drug-likeness (QED) is 0.325. The summed E-state index contributed by atoms with van der Waals surface area (Å²) in [5.41, 5.74) is 0.